The zero-order valence-electron chi connectivity index (χ0n) is 16.3. The molecule has 150 valence electrons. The highest BCUT2D eigenvalue weighted by Crippen LogP contribution is 2.47. The van der Waals surface area contributed by atoms with E-state index in [1.165, 1.54) is 35.9 Å². The van der Waals surface area contributed by atoms with Crippen LogP contribution in [-0.2, 0) is 29.9 Å². The Morgan fingerprint density at radius 1 is 1.14 bits per heavy atom. The predicted octanol–water partition coefficient (Wildman–Crippen LogP) is 1.69. The summed E-state index contributed by atoms with van der Waals surface area (Å²) in [6.45, 7) is 1.08. The first kappa shape index (κ1) is 18.1. The summed E-state index contributed by atoms with van der Waals surface area (Å²) in [5.74, 6) is 1.24. The van der Waals surface area contributed by atoms with Crippen molar-refractivity contribution in [1.29, 1.82) is 0 Å². The number of anilines is 1. The topological polar surface area (TPSA) is 93.0 Å². The molecule has 1 saturated heterocycles. The molecule has 0 unspecified atom stereocenters. The fourth-order valence-electron chi connectivity index (χ4n) is 4.50. The summed E-state index contributed by atoms with van der Waals surface area (Å²) >= 11 is 0. The lowest BCUT2D eigenvalue weighted by Crippen LogP contribution is -2.42. The normalized spacial score (nSPS) is 20.6. The first-order valence-corrected chi connectivity index (χ1v) is 11.9. The van der Waals surface area contributed by atoms with E-state index in [0.717, 1.165) is 37.1 Å². The van der Waals surface area contributed by atoms with Crippen molar-refractivity contribution < 1.29 is 8.42 Å². The fourth-order valence-corrected chi connectivity index (χ4v) is 5.37. The average molecular weight is 403 g/mol. The minimum Gasteiger partial charge on any atom is -0.351 e. The molecular formula is C19H26N6O2S. The summed E-state index contributed by atoms with van der Waals surface area (Å²) in [6, 6.07) is 0.191. The van der Waals surface area contributed by atoms with E-state index in [4.69, 9.17) is 10.1 Å². The highest BCUT2D eigenvalue weighted by molar-refractivity contribution is 7.88. The van der Waals surface area contributed by atoms with E-state index in [1.807, 2.05) is 17.9 Å². The third-order valence-electron chi connectivity index (χ3n) is 6.12. The highest BCUT2D eigenvalue weighted by Gasteiger charge is 2.35. The van der Waals surface area contributed by atoms with Crippen LogP contribution >= 0.6 is 0 Å². The summed E-state index contributed by atoms with van der Waals surface area (Å²) < 4.78 is 27.0. The molecule has 2 aromatic rings. The first-order chi connectivity index (χ1) is 13.4. The molecule has 0 aromatic carbocycles. The van der Waals surface area contributed by atoms with Crippen molar-refractivity contribution in [2.24, 2.45) is 7.05 Å². The van der Waals surface area contributed by atoms with Gasteiger partial charge in [0.25, 0.3) is 0 Å². The van der Waals surface area contributed by atoms with E-state index >= 15 is 0 Å². The van der Waals surface area contributed by atoms with Crippen LogP contribution < -0.4 is 5.32 Å². The molecule has 2 fully saturated rings. The Hall–Kier alpha value is -2.00. The van der Waals surface area contributed by atoms with Gasteiger partial charge in [0.1, 0.15) is 0 Å². The summed E-state index contributed by atoms with van der Waals surface area (Å²) in [5.41, 5.74) is 5.93. The number of nitrogens with zero attached hydrogens (tertiary/aromatic N) is 5. The molecule has 3 aliphatic rings. The molecule has 28 heavy (non-hydrogen) atoms. The minimum absolute atomic E-state index is 0.191. The molecule has 2 aromatic heterocycles. The van der Waals surface area contributed by atoms with Crippen LogP contribution in [0.3, 0.4) is 0 Å². The molecule has 2 aliphatic carbocycles. The van der Waals surface area contributed by atoms with Crippen LogP contribution in [0, 0.1) is 0 Å². The van der Waals surface area contributed by atoms with Gasteiger partial charge in [-0.05, 0) is 44.1 Å². The Labute approximate surface area is 165 Å². The van der Waals surface area contributed by atoms with E-state index in [2.05, 4.69) is 10.3 Å². The van der Waals surface area contributed by atoms with Crippen molar-refractivity contribution in [3.05, 3.63) is 23.1 Å². The van der Waals surface area contributed by atoms with Gasteiger partial charge in [0.15, 0.2) is 0 Å². The summed E-state index contributed by atoms with van der Waals surface area (Å²) in [7, 11) is -1.06. The van der Waals surface area contributed by atoms with Crippen LogP contribution in [0.2, 0.25) is 0 Å². The molecule has 1 aliphatic heterocycles. The van der Waals surface area contributed by atoms with Gasteiger partial charge in [-0.3, -0.25) is 4.68 Å². The van der Waals surface area contributed by atoms with Gasteiger partial charge in [0.05, 0.1) is 23.3 Å². The Kier molecular flexibility index (Phi) is 4.20. The van der Waals surface area contributed by atoms with Crippen LogP contribution in [-0.4, -0.2) is 57.9 Å². The van der Waals surface area contributed by atoms with Gasteiger partial charge in [-0.1, -0.05) is 0 Å². The second kappa shape index (κ2) is 6.52. The van der Waals surface area contributed by atoms with Crippen molar-refractivity contribution in [1.82, 2.24) is 24.1 Å². The predicted molar refractivity (Wildman–Crippen MR) is 107 cm³/mol. The van der Waals surface area contributed by atoms with E-state index < -0.39 is 10.0 Å². The number of piperidine rings is 1. The van der Waals surface area contributed by atoms with Crippen molar-refractivity contribution in [3.8, 4) is 11.3 Å². The number of aryl methyl sites for hydroxylation is 3. The summed E-state index contributed by atoms with van der Waals surface area (Å²) in [5, 5.41) is 8.20. The zero-order valence-corrected chi connectivity index (χ0v) is 17.2. The first-order valence-electron chi connectivity index (χ1n) is 10.0. The van der Waals surface area contributed by atoms with Crippen LogP contribution in [0.25, 0.3) is 11.3 Å². The maximum Gasteiger partial charge on any atom is 0.223 e. The maximum absolute atomic E-state index is 11.7. The van der Waals surface area contributed by atoms with E-state index in [0.29, 0.717) is 25.0 Å². The molecule has 0 spiro atoms. The Morgan fingerprint density at radius 2 is 1.89 bits per heavy atom. The highest BCUT2D eigenvalue weighted by atomic mass is 32.2. The number of fused-ring (bicyclic) bond motifs is 3. The molecule has 0 amide bonds. The zero-order chi connectivity index (χ0) is 19.5. The second-order valence-corrected chi connectivity index (χ2v) is 10.2. The maximum atomic E-state index is 11.7. The van der Waals surface area contributed by atoms with Gasteiger partial charge in [0.2, 0.25) is 16.0 Å². The van der Waals surface area contributed by atoms with Crippen molar-refractivity contribution >= 4 is 16.0 Å². The molecular weight excluding hydrogens is 376 g/mol. The molecule has 0 atom stereocenters. The lowest BCUT2D eigenvalue weighted by atomic mass is 9.92. The minimum atomic E-state index is -3.11. The lowest BCUT2D eigenvalue weighted by Gasteiger charge is -2.30. The SMILES string of the molecule is Cn1nc2c(c1C1CC1)-c1nc(NC3CCN(S(C)(=O)=O)CC3)ncc1CC2. The van der Waals surface area contributed by atoms with Crippen molar-refractivity contribution in [2.75, 3.05) is 24.7 Å². The van der Waals surface area contributed by atoms with Crippen LogP contribution in [0.15, 0.2) is 6.20 Å². The van der Waals surface area contributed by atoms with Gasteiger partial charge in [-0.25, -0.2) is 22.7 Å². The monoisotopic (exact) mass is 402 g/mol. The standard InChI is InChI=1S/C19H26N6O2S/c1-24-18(12-3-4-12)16-15(23-24)6-5-13-11-20-19(22-17(13)16)21-14-7-9-25(10-8-14)28(2,26)27/h11-12,14H,3-10H2,1-2H3,(H,20,21,22). The van der Waals surface area contributed by atoms with E-state index in [-0.39, 0.29) is 6.04 Å². The number of hydrogen-bond donors (Lipinski definition) is 1. The Bertz CT molecular complexity index is 1020. The Morgan fingerprint density at radius 3 is 2.57 bits per heavy atom. The smallest absolute Gasteiger partial charge is 0.223 e. The number of aromatic nitrogens is 4. The molecule has 9 heteroatoms. The van der Waals surface area contributed by atoms with Crippen LogP contribution in [0.4, 0.5) is 5.95 Å². The van der Waals surface area contributed by atoms with Crippen molar-refractivity contribution in [2.45, 2.75) is 50.5 Å². The molecule has 8 nitrogen and oxygen atoms in total. The fraction of sp³-hybridized carbons (Fsp3) is 0.632. The molecule has 3 heterocycles. The van der Waals surface area contributed by atoms with Gasteiger partial charge < -0.3 is 5.32 Å². The summed E-state index contributed by atoms with van der Waals surface area (Å²) in [4.78, 5) is 9.44. The number of rotatable bonds is 4. The quantitative estimate of drug-likeness (QED) is 0.837. The van der Waals surface area contributed by atoms with E-state index in [9.17, 15) is 8.42 Å². The lowest BCUT2D eigenvalue weighted by molar-refractivity contribution is 0.331. The third kappa shape index (κ3) is 3.20. The van der Waals surface area contributed by atoms with E-state index in [1.54, 1.807) is 4.31 Å². The second-order valence-electron chi connectivity index (χ2n) is 8.25. The largest absolute Gasteiger partial charge is 0.351 e. The molecule has 0 radical (unpaired) electrons. The molecule has 5 rings (SSSR count). The molecule has 1 N–H and O–H groups in total. The van der Waals surface area contributed by atoms with Gasteiger partial charge in [-0.15, -0.1) is 0 Å². The van der Waals surface area contributed by atoms with Gasteiger partial charge >= 0.3 is 0 Å². The van der Waals surface area contributed by atoms with Crippen molar-refractivity contribution in [3.63, 3.8) is 0 Å². The Balaban J connectivity index is 1.39. The van der Waals surface area contributed by atoms with Gasteiger partial charge in [-0.2, -0.15) is 5.10 Å². The van der Waals surface area contributed by atoms with Crippen LogP contribution in [0.5, 0.6) is 0 Å². The number of sulfonamides is 1. The number of hydrogen-bond acceptors (Lipinski definition) is 6. The average Bonchev–Trinajstić information content (AvgIpc) is 3.43. The van der Waals surface area contributed by atoms with Crippen LogP contribution in [0.1, 0.15) is 48.6 Å². The van der Waals surface area contributed by atoms with Gasteiger partial charge in [0, 0.05) is 43.9 Å². The summed E-state index contributed by atoms with van der Waals surface area (Å²) in [6.07, 6.45) is 9.09. The number of nitrogens with one attached hydrogen (secondary N) is 1. The third-order valence-corrected chi connectivity index (χ3v) is 7.42. The molecule has 0 bridgehead atoms. The molecule has 1 saturated carbocycles.